The van der Waals surface area contributed by atoms with Crippen LogP contribution in [0.1, 0.15) is 23.2 Å². The van der Waals surface area contributed by atoms with Gasteiger partial charge >= 0.3 is 6.09 Å². The number of hydrogen-bond donors (Lipinski definition) is 3. The number of carbonyl (C=O) groups is 2. The number of H-pyrrole nitrogens is 1. The van der Waals surface area contributed by atoms with Gasteiger partial charge in [0, 0.05) is 39.4 Å². The van der Waals surface area contributed by atoms with E-state index in [9.17, 15) is 9.59 Å². The lowest BCUT2D eigenvalue weighted by Crippen LogP contribution is -2.44. The number of rotatable bonds is 3. The maximum Gasteiger partial charge on any atom is 0.407 e. The van der Waals surface area contributed by atoms with Gasteiger partial charge in [-0.25, -0.2) is 14.8 Å². The average Bonchev–Trinajstić information content (AvgIpc) is 2.99. The van der Waals surface area contributed by atoms with Gasteiger partial charge < -0.3 is 25.2 Å². The zero-order valence-electron chi connectivity index (χ0n) is 13.6. The molecule has 9 heteroatoms. The summed E-state index contributed by atoms with van der Waals surface area (Å²) in [5.41, 5.74) is 1.06. The summed E-state index contributed by atoms with van der Waals surface area (Å²) in [6, 6.07) is -0.0508. The molecule has 3 heterocycles. The second kappa shape index (κ2) is 6.34. The van der Waals surface area contributed by atoms with E-state index in [1.54, 1.807) is 20.3 Å². The van der Waals surface area contributed by atoms with Crippen molar-refractivity contribution >= 4 is 28.9 Å². The van der Waals surface area contributed by atoms with Crippen LogP contribution in [0.4, 0.5) is 10.6 Å². The topological polar surface area (TPSA) is 114 Å². The molecular formula is C15H20N6O3. The van der Waals surface area contributed by atoms with E-state index in [0.29, 0.717) is 35.5 Å². The molecular weight excluding hydrogens is 312 g/mol. The molecule has 0 saturated carbocycles. The number of anilines is 1. The molecule has 24 heavy (non-hydrogen) atoms. The van der Waals surface area contributed by atoms with Crippen LogP contribution in [0.5, 0.6) is 0 Å². The molecule has 1 saturated heterocycles. The Labute approximate surface area is 138 Å². The maximum absolute atomic E-state index is 12.3. The summed E-state index contributed by atoms with van der Waals surface area (Å²) >= 11 is 0. The SMILES string of the molecule is CN(C)C(=O)c1c[nH]c2ncnc(N[C@@H]3CCCN(C(=O)O)C3)c12. The molecule has 3 rings (SSSR count). The highest BCUT2D eigenvalue weighted by Gasteiger charge is 2.25. The van der Waals surface area contributed by atoms with Gasteiger partial charge in [0.25, 0.3) is 5.91 Å². The molecule has 2 aromatic heterocycles. The number of aromatic amines is 1. The van der Waals surface area contributed by atoms with Gasteiger partial charge in [0.2, 0.25) is 0 Å². The van der Waals surface area contributed by atoms with Crippen LogP contribution in [0.2, 0.25) is 0 Å². The van der Waals surface area contributed by atoms with Crippen LogP contribution in [0, 0.1) is 0 Å². The number of amides is 2. The molecule has 1 atom stereocenters. The minimum Gasteiger partial charge on any atom is -0.465 e. The van der Waals surface area contributed by atoms with Gasteiger partial charge in [-0.05, 0) is 12.8 Å². The Morgan fingerprint density at radius 1 is 1.42 bits per heavy atom. The summed E-state index contributed by atoms with van der Waals surface area (Å²) in [6.45, 7) is 0.934. The standard InChI is InChI=1S/C15H20N6O3/c1-20(2)14(22)10-6-16-12-11(10)13(18-8-17-12)19-9-4-3-5-21(7-9)15(23)24/h6,8-9H,3-5,7H2,1-2H3,(H,23,24)(H2,16,17,18,19)/t9-/m1/s1. The van der Waals surface area contributed by atoms with Crippen LogP contribution in [0.25, 0.3) is 11.0 Å². The van der Waals surface area contributed by atoms with E-state index in [1.807, 2.05) is 0 Å². The Morgan fingerprint density at radius 3 is 2.92 bits per heavy atom. The van der Waals surface area contributed by atoms with Crippen molar-refractivity contribution in [2.45, 2.75) is 18.9 Å². The molecule has 2 amide bonds. The molecule has 0 aromatic carbocycles. The summed E-state index contributed by atoms with van der Waals surface area (Å²) in [4.78, 5) is 37.8. The Hall–Kier alpha value is -2.84. The van der Waals surface area contributed by atoms with Crippen LogP contribution in [-0.4, -0.2) is 75.1 Å². The first kappa shape index (κ1) is 16.0. The first-order chi connectivity index (χ1) is 11.5. The molecule has 0 spiro atoms. The van der Waals surface area contributed by atoms with Crippen molar-refractivity contribution in [1.29, 1.82) is 0 Å². The fourth-order valence-electron chi connectivity index (χ4n) is 2.94. The Kier molecular flexibility index (Phi) is 4.24. The van der Waals surface area contributed by atoms with Crippen molar-refractivity contribution in [3.63, 3.8) is 0 Å². The predicted octanol–water partition coefficient (Wildman–Crippen LogP) is 1.21. The van der Waals surface area contributed by atoms with Crippen LogP contribution in [-0.2, 0) is 0 Å². The van der Waals surface area contributed by atoms with E-state index in [2.05, 4.69) is 20.3 Å². The van der Waals surface area contributed by atoms with E-state index in [4.69, 9.17) is 5.11 Å². The maximum atomic E-state index is 12.3. The summed E-state index contributed by atoms with van der Waals surface area (Å²) in [5.74, 6) is 0.401. The highest BCUT2D eigenvalue weighted by Crippen LogP contribution is 2.26. The van der Waals surface area contributed by atoms with Gasteiger partial charge in [0.1, 0.15) is 17.8 Å². The van der Waals surface area contributed by atoms with Crippen LogP contribution >= 0.6 is 0 Å². The first-order valence-electron chi connectivity index (χ1n) is 7.75. The lowest BCUT2D eigenvalue weighted by molar-refractivity contribution is 0.0829. The highest BCUT2D eigenvalue weighted by molar-refractivity contribution is 6.09. The molecule has 0 radical (unpaired) electrons. The molecule has 1 aliphatic rings. The molecule has 0 bridgehead atoms. The average molecular weight is 332 g/mol. The smallest absolute Gasteiger partial charge is 0.407 e. The Bertz CT molecular complexity index is 772. The Balaban J connectivity index is 1.90. The molecule has 0 aliphatic carbocycles. The number of fused-ring (bicyclic) bond motifs is 1. The van der Waals surface area contributed by atoms with Crippen molar-refractivity contribution in [3.05, 3.63) is 18.1 Å². The number of likely N-dealkylation sites (tertiary alicyclic amines) is 1. The van der Waals surface area contributed by atoms with Crippen molar-refractivity contribution in [2.24, 2.45) is 0 Å². The van der Waals surface area contributed by atoms with Gasteiger partial charge in [-0.3, -0.25) is 4.79 Å². The van der Waals surface area contributed by atoms with Crippen molar-refractivity contribution < 1.29 is 14.7 Å². The fourth-order valence-corrected chi connectivity index (χ4v) is 2.94. The Morgan fingerprint density at radius 2 is 2.21 bits per heavy atom. The number of aromatic nitrogens is 3. The molecule has 0 unspecified atom stereocenters. The van der Waals surface area contributed by atoms with Gasteiger partial charge in [-0.2, -0.15) is 0 Å². The molecule has 128 valence electrons. The van der Waals surface area contributed by atoms with E-state index in [1.165, 1.54) is 16.1 Å². The van der Waals surface area contributed by atoms with Gasteiger partial charge in [0.05, 0.1) is 10.9 Å². The number of nitrogens with zero attached hydrogens (tertiary/aromatic N) is 4. The number of carboxylic acid groups (broad SMARTS) is 1. The van der Waals surface area contributed by atoms with Crippen LogP contribution < -0.4 is 5.32 Å². The predicted molar refractivity (Wildman–Crippen MR) is 88.1 cm³/mol. The molecule has 1 fully saturated rings. The number of carbonyl (C=O) groups excluding carboxylic acids is 1. The first-order valence-corrected chi connectivity index (χ1v) is 7.75. The third-order valence-corrected chi connectivity index (χ3v) is 4.14. The van der Waals surface area contributed by atoms with Crippen LogP contribution in [0.3, 0.4) is 0 Å². The van der Waals surface area contributed by atoms with E-state index >= 15 is 0 Å². The van der Waals surface area contributed by atoms with Crippen molar-refractivity contribution in [2.75, 3.05) is 32.5 Å². The fraction of sp³-hybridized carbons (Fsp3) is 0.467. The summed E-state index contributed by atoms with van der Waals surface area (Å²) < 4.78 is 0. The molecule has 9 nitrogen and oxygen atoms in total. The van der Waals surface area contributed by atoms with E-state index in [0.717, 1.165) is 12.8 Å². The lowest BCUT2D eigenvalue weighted by Gasteiger charge is -2.31. The largest absolute Gasteiger partial charge is 0.465 e. The second-order valence-corrected chi connectivity index (χ2v) is 6.06. The summed E-state index contributed by atoms with van der Waals surface area (Å²) in [5, 5.41) is 13.1. The zero-order chi connectivity index (χ0) is 17.3. The number of nitrogens with one attached hydrogen (secondary N) is 2. The third-order valence-electron chi connectivity index (χ3n) is 4.14. The van der Waals surface area contributed by atoms with Crippen LogP contribution in [0.15, 0.2) is 12.5 Å². The molecule has 2 aromatic rings. The van der Waals surface area contributed by atoms with Gasteiger partial charge in [0.15, 0.2) is 0 Å². The third kappa shape index (κ3) is 2.97. The van der Waals surface area contributed by atoms with E-state index < -0.39 is 6.09 Å². The summed E-state index contributed by atoms with van der Waals surface area (Å²) in [6.07, 6.45) is 3.76. The molecule has 3 N–H and O–H groups in total. The normalized spacial score (nSPS) is 17.8. The van der Waals surface area contributed by atoms with Gasteiger partial charge in [-0.1, -0.05) is 0 Å². The number of piperidine rings is 1. The lowest BCUT2D eigenvalue weighted by atomic mass is 10.1. The second-order valence-electron chi connectivity index (χ2n) is 6.06. The number of hydrogen-bond acceptors (Lipinski definition) is 5. The minimum absolute atomic E-state index is 0.0508. The molecule has 1 aliphatic heterocycles. The monoisotopic (exact) mass is 332 g/mol. The van der Waals surface area contributed by atoms with Gasteiger partial charge in [-0.15, -0.1) is 0 Å². The quantitative estimate of drug-likeness (QED) is 0.778. The van der Waals surface area contributed by atoms with Crippen molar-refractivity contribution in [1.82, 2.24) is 24.8 Å². The summed E-state index contributed by atoms with van der Waals surface area (Å²) in [7, 11) is 3.37. The van der Waals surface area contributed by atoms with E-state index in [-0.39, 0.29) is 11.9 Å². The highest BCUT2D eigenvalue weighted by atomic mass is 16.4. The zero-order valence-corrected chi connectivity index (χ0v) is 13.6. The van der Waals surface area contributed by atoms with Crippen molar-refractivity contribution in [3.8, 4) is 0 Å². The minimum atomic E-state index is -0.917.